The van der Waals surface area contributed by atoms with Gasteiger partial charge >= 0.3 is 0 Å². The van der Waals surface area contributed by atoms with Gasteiger partial charge in [0.15, 0.2) is 5.82 Å². The van der Waals surface area contributed by atoms with Crippen molar-refractivity contribution in [2.45, 2.75) is 0 Å². The number of nitrogens with one attached hydrogen (secondary N) is 1. The van der Waals surface area contributed by atoms with E-state index in [4.69, 9.17) is 0 Å². The fourth-order valence-electron chi connectivity index (χ4n) is 2.06. The average Bonchev–Trinajstić information content (AvgIpc) is 2.77. The topological polar surface area (TPSA) is 29.9 Å². The van der Waals surface area contributed by atoms with Gasteiger partial charge in [0.25, 0.3) is 0 Å². The number of hydrogen-bond donors (Lipinski definition) is 1. The van der Waals surface area contributed by atoms with Gasteiger partial charge in [0.05, 0.1) is 11.0 Å². The summed E-state index contributed by atoms with van der Waals surface area (Å²) in [7, 11) is 1.90. The molecule has 3 rings (SSSR count). The maximum atomic E-state index is 4.69. The SMILES string of the molecule is CNn1c(-c2ccccc2)nc2cc(Br)ccc21. The van der Waals surface area contributed by atoms with E-state index in [9.17, 15) is 0 Å². The second-order valence-electron chi connectivity index (χ2n) is 3.99. The summed E-state index contributed by atoms with van der Waals surface area (Å²) in [4.78, 5) is 4.69. The van der Waals surface area contributed by atoms with E-state index in [1.807, 2.05) is 42.1 Å². The molecule has 0 spiro atoms. The number of halogens is 1. The molecule has 1 N–H and O–H groups in total. The van der Waals surface area contributed by atoms with Gasteiger partial charge in [-0.1, -0.05) is 46.3 Å². The van der Waals surface area contributed by atoms with Crippen LogP contribution in [0.1, 0.15) is 0 Å². The van der Waals surface area contributed by atoms with Gasteiger partial charge in [0.1, 0.15) is 0 Å². The summed E-state index contributed by atoms with van der Waals surface area (Å²) in [5, 5.41) is 0. The van der Waals surface area contributed by atoms with Gasteiger partial charge in [-0.15, -0.1) is 0 Å². The summed E-state index contributed by atoms with van der Waals surface area (Å²) in [6, 6.07) is 16.3. The van der Waals surface area contributed by atoms with Gasteiger partial charge < -0.3 is 5.43 Å². The number of nitrogens with zero attached hydrogens (tertiary/aromatic N) is 2. The van der Waals surface area contributed by atoms with Gasteiger partial charge in [0, 0.05) is 17.1 Å². The van der Waals surface area contributed by atoms with Crippen LogP contribution in [0.2, 0.25) is 0 Å². The Hall–Kier alpha value is -1.81. The molecule has 0 aliphatic carbocycles. The van der Waals surface area contributed by atoms with Gasteiger partial charge in [0.2, 0.25) is 0 Å². The molecule has 0 atom stereocenters. The predicted octanol–water partition coefficient (Wildman–Crippen LogP) is 3.64. The molecule has 0 saturated carbocycles. The predicted molar refractivity (Wildman–Crippen MR) is 78.2 cm³/mol. The molecule has 0 aliphatic heterocycles. The normalized spacial score (nSPS) is 10.8. The quantitative estimate of drug-likeness (QED) is 0.783. The van der Waals surface area contributed by atoms with Crippen LogP contribution in [0.5, 0.6) is 0 Å². The second kappa shape index (κ2) is 4.46. The Kier molecular flexibility index (Phi) is 2.80. The Labute approximate surface area is 114 Å². The number of aromatic nitrogens is 2. The summed E-state index contributed by atoms with van der Waals surface area (Å²) in [6.45, 7) is 0. The van der Waals surface area contributed by atoms with Crippen LogP contribution in [-0.2, 0) is 0 Å². The summed E-state index contributed by atoms with van der Waals surface area (Å²) < 4.78 is 3.03. The first-order valence-corrected chi connectivity index (χ1v) is 6.50. The summed E-state index contributed by atoms with van der Waals surface area (Å²) in [6.07, 6.45) is 0. The minimum atomic E-state index is 0.922. The molecule has 2 aromatic carbocycles. The molecule has 1 aromatic heterocycles. The van der Waals surface area contributed by atoms with E-state index in [2.05, 4.69) is 44.5 Å². The van der Waals surface area contributed by atoms with Crippen molar-refractivity contribution in [3.8, 4) is 11.4 Å². The average molecular weight is 302 g/mol. The van der Waals surface area contributed by atoms with Crippen molar-refractivity contribution < 1.29 is 0 Å². The number of benzene rings is 2. The van der Waals surface area contributed by atoms with E-state index in [0.717, 1.165) is 26.9 Å². The number of imidazole rings is 1. The number of fused-ring (bicyclic) bond motifs is 1. The van der Waals surface area contributed by atoms with Crippen molar-refractivity contribution in [3.63, 3.8) is 0 Å². The zero-order valence-corrected chi connectivity index (χ0v) is 11.5. The highest BCUT2D eigenvalue weighted by atomic mass is 79.9. The minimum Gasteiger partial charge on any atom is -0.327 e. The lowest BCUT2D eigenvalue weighted by Gasteiger charge is -2.07. The molecule has 3 aromatic rings. The standard InChI is InChI=1S/C14H12BrN3/c1-16-18-13-8-7-11(15)9-12(13)17-14(18)10-5-3-2-4-6-10/h2-9,16H,1H3. The van der Waals surface area contributed by atoms with E-state index in [-0.39, 0.29) is 0 Å². The van der Waals surface area contributed by atoms with Gasteiger partial charge in [-0.2, -0.15) is 0 Å². The molecule has 90 valence electrons. The van der Waals surface area contributed by atoms with E-state index in [0.29, 0.717) is 0 Å². The van der Waals surface area contributed by atoms with Crippen LogP contribution >= 0.6 is 15.9 Å². The van der Waals surface area contributed by atoms with Crippen molar-refractivity contribution in [2.24, 2.45) is 0 Å². The Morgan fingerprint density at radius 1 is 1.11 bits per heavy atom. The lowest BCUT2D eigenvalue weighted by molar-refractivity contribution is 0.967. The van der Waals surface area contributed by atoms with Crippen LogP contribution in [0.15, 0.2) is 53.0 Å². The van der Waals surface area contributed by atoms with Crippen molar-refractivity contribution in [1.82, 2.24) is 9.66 Å². The zero-order chi connectivity index (χ0) is 12.5. The van der Waals surface area contributed by atoms with Crippen molar-refractivity contribution in [1.29, 1.82) is 0 Å². The molecule has 0 unspecified atom stereocenters. The maximum absolute atomic E-state index is 4.69. The van der Waals surface area contributed by atoms with Gasteiger partial charge in [-0.3, -0.25) is 0 Å². The molecule has 0 aliphatic rings. The van der Waals surface area contributed by atoms with Gasteiger partial charge in [-0.05, 0) is 18.2 Å². The maximum Gasteiger partial charge on any atom is 0.159 e. The fourth-order valence-corrected chi connectivity index (χ4v) is 2.41. The molecule has 1 heterocycles. The van der Waals surface area contributed by atoms with E-state index in [1.165, 1.54) is 0 Å². The summed E-state index contributed by atoms with van der Waals surface area (Å²) in [5.41, 5.74) is 6.31. The van der Waals surface area contributed by atoms with Crippen LogP contribution in [0.25, 0.3) is 22.4 Å². The molecule has 0 bridgehead atoms. The molecular weight excluding hydrogens is 290 g/mol. The van der Waals surface area contributed by atoms with Crippen molar-refractivity contribution in [3.05, 3.63) is 53.0 Å². The van der Waals surface area contributed by atoms with Crippen LogP contribution in [-0.4, -0.2) is 16.7 Å². The highest BCUT2D eigenvalue weighted by Crippen LogP contribution is 2.25. The third kappa shape index (κ3) is 1.78. The first kappa shape index (κ1) is 11.3. The van der Waals surface area contributed by atoms with Crippen molar-refractivity contribution >= 4 is 27.0 Å². The van der Waals surface area contributed by atoms with Crippen LogP contribution in [0.4, 0.5) is 0 Å². The number of rotatable bonds is 2. The summed E-state index contributed by atoms with van der Waals surface area (Å²) in [5.74, 6) is 0.922. The molecule has 3 nitrogen and oxygen atoms in total. The monoisotopic (exact) mass is 301 g/mol. The molecule has 0 radical (unpaired) electrons. The Morgan fingerprint density at radius 2 is 1.89 bits per heavy atom. The second-order valence-corrected chi connectivity index (χ2v) is 4.91. The van der Waals surface area contributed by atoms with Gasteiger partial charge in [-0.25, -0.2) is 9.66 Å². The number of hydrogen-bond acceptors (Lipinski definition) is 2. The molecule has 4 heteroatoms. The Balaban J connectivity index is 2.29. The molecule has 0 saturated heterocycles. The van der Waals surface area contributed by atoms with E-state index in [1.54, 1.807) is 0 Å². The molecule has 0 amide bonds. The van der Waals surface area contributed by atoms with E-state index >= 15 is 0 Å². The fraction of sp³-hybridized carbons (Fsp3) is 0.0714. The third-order valence-corrected chi connectivity index (χ3v) is 3.37. The minimum absolute atomic E-state index is 0.922. The van der Waals surface area contributed by atoms with Crippen molar-refractivity contribution in [2.75, 3.05) is 12.5 Å². The first-order chi connectivity index (χ1) is 8.79. The van der Waals surface area contributed by atoms with E-state index < -0.39 is 0 Å². The smallest absolute Gasteiger partial charge is 0.159 e. The highest BCUT2D eigenvalue weighted by molar-refractivity contribution is 9.10. The zero-order valence-electron chi connectivity index (χ0n) is 9.89. The van der Waals surface area contributed by atoms with Crippen LogP contribution < -0.4 is 5.43 Å². The lowest BCUT2D eigenvalue weighted by Crippen LogP contribution is -2.10. The molecule has 18 heavy (non-hydrogen) atoms. The first-order valence-electron chi connectivity index (χ1n) is 5.71. The van der Waals surface area contributed by atoms with Crippen LogP contribution in [0.3, 0.4) is 0 Å². The largest absolute Gasteiger partial charge is 0.327 e. The molecule has 0 fully saturated rings. The lowest BCUT2D eigenvalue weighted by atomic mass is 10.2. The third-order valence-electron chi connectivity index (χ3n) is 2.87. The Bertz CT molecular complexity index is 689. The summed E-state index contributed by atoms with van der Waals surface area (Å²) >= 11 is 3.47. The Morgan fingerprint density at radius 3 is 2.61 bits per heavy atom. The van der Waals surface area contributed by atoms with Crippen LogP contribution in [0, 0.1) is 0 Å². The molecular formula is C14H12BrN3. The highest BCUT2D eigenvalue weighted by Gasteiger charge is 2.11.